The first-order valence-corrected chi connectivity index (χ1v) is 6.59. The summed E-state index contributed by atoms with van der Waals surface area (Å²) in [7, 11) is 1.48. The topological polar surface area (TPSA) is 51.0 Å². The molecule has 1 aromatic carbocycles. The number of rotatable bonds is 5. The van der Waals surface area contributed by atoms with Crippen LogP contribution in [0.25, 0.3) is 0 Å². The molecule has 1 heterocycles. The lowest BCUT2D eigenvalue weighted by molar-refractivity contribution is -0.139. The quantitative estimate of drug-likeness (QED) is 0.851. The lowest BCUT2D eigenvalue weighted by Crippen LogP contribution is -2.28. The van der Waals surface area contributed by atoms with Gasteiger partial charge in [-0.2, -0.15) is 18.3 Å². The summed E-state index contributed by atoms with van der Waals surface area (Å²) >= 11 is 0. The lowest BCUT2D eigenvalue weighted by Gasteiger charge is -2.20. The van der Waals surface area contributed by atoms with Crippen LogP contribution in [0.1, 0.15) is 17.5 Å². The van der Waals surface area contributed by atoms with Crippen molar-refractivity contribution in [1.29, 1.82) is 0 Å². The molecule has 0 radical (unpaired) electrons. The predicted molar refractivity (Wildman–Crippen MR) is 72.6 cm³/mol. The van der Waals surface area contributed by atoms with E-state index >= 15 is 0 Å². The van der Waals surface area contributed by atoms with Crippen LogP contribution < -0.4 is 0 Å². The van der Waals surface area contributed by atoms with Gasteiger partial charge in [0.25, 0.3) is 0 Å². The molecule has 1 aromatic heterocycles. The predicted octanol–water partition coefficient (Wildman–Crippen LogP) is 2.35. The van der Waals surface area contributed by atoms with E-state index < -0.39 is 11.7 Å². The smallest absolute Gasteiger partial charge is 0.341 e. The van der Waals surface area contributed by atoms with Crippen molar-refractivity contribution < 1.29 is 18.0 Å². The zero-order valence-corrected chi connectivity index (χ0v) is 11.9. The number of hydrogen-bond acceptors (Lipinski definition) is 3. The number of carbonyl (C=O) groups is 1. The van der Waals surface area contributed by atoms with Gasteiger partial charge in [-0.25, -0.2) is 4.98 Å². The van der Waals surface area contributed by atoms with Gasteiger partial charge in [-0.15, -0.1) is 0 Å². The molecule has 2 aromatic rings. The van der Waals surface area contributed by atoms with E-state index in [0.717, 1.165) is 6.07 Å². The van der Waals surface area contributed by atoms with Gasteiger partial charge in [0.1, 0.15) is 12.7 Å². The Hall–Kier alpha value is -2.38. The molecule has 0 aliphatic heterocycles. The Balaban J connectivity index is 1.99. The highest BCUT2D eigenvalue weighted by Crippen LogP contribution is 2.32. The molecule has 2 rings (SSSR count). The van der Waals surface area contributed by atoms with Gasteiger partial charge >= 0.3 is 6.18 Å². The highest BCUT2D eigenvalue weighted by atomic mass is 19.4. The van der Waals surface area contributed by atoms with Crippen molar-refractivity contribution in [2.24, 2.45) is 0 Å². The molecule has 0 fully saturated rings. The Kier molecular flexibility index (Phi) is 4.79. The number of carbonyl (C=O) groups excluding carboxylic acids is 1. The van der Waals surface area contributed by atoms with Crippen LogP contribution in [0.3, 0.4) is 0 Å². The largest absolute Gasteiger partial charge is 0.416 e. The van der Waals surface area contributed by atoms with Crippen LogP contribution >= 0.6 is 0 Å². The van der Waals surface area contributed by atoms with Gasteiger partial charge < -0.3 is 4.90 Å². The molecule has 0 aliphatic carbocycles. The summed E-state index contributed by atoms with van der Waals surface area (Å²) in [6.07, 6.45) is -1.45. The SMILES string of the molecule is CN(Cc1ccccc1C(F)(F)F)C(=O)CCn1cncn1. The monoisotopic (exact) mass is 312 g/mol. The van der Waals surface area contributed by atoms with Crippen molar-refractivity contribution in [3.8, 4) is 0 Å². The summed E-state index contributed by atoms with van der Waals surface area (Å²) in [5.41, 5.74) is -0.641. The van der Waals surface area contributed by atoms with E-state index in [2.05, 4.69) is 10.1 Å². The van der Waals surface area contributed by atoms with Crippen molar-refractivity contribution in [1.82, 2.24) is 19.7 Å². The van der Waals surface area contributed by atoms with Crippen molar-refractivity contribution in [3.05, 3.63) is 48.0 Å². The van der Waals surface area contributed by atoms with E-state index in [1.54, 1.807) is 0 Å². The number of halogens is 3. The van der Waals surface area contributed by atoms with E-state index in [0.29, 0.717) is 6.54 Å². The summed E-state index contributed by atoms with van der Waals surface area (Å²) in [5.74, 6) is -0.257. The zero-order valence-electron chi connectivity index (χ0n) is 11.9. The molecule has 8 heteroatoms. The van der Waals surface area contributed by atoms with Crippen LogP contribution in [0.15, 0.2) is 36.9 Å². The van der Waals surface area contributed by atoms with Crippen LogP contribution in [0, 0.1) is 0 Å². The van der Waals surface area contributed by atoms with E-state index in [1.165, 1.54) is 47.5 Å². The summed E-state index contributed by atoms with van der Waals surface area (Å²) in [5, 5.41) is 3.86. The molecule has 0 N–H and O–H groups in total. The first-order chi connectivity index (χ1) is 10.4. The fourth-order valence-electron chi connectivity index (χ4n) is 2.03. The third-order valence-corrected chi connectivity index (χ3v) is 3.18. The molecule has 0 unspecified atom stereocenters. The average Bonchev–Trinajstić information content (AvgIpc) is 2.97. The molecule has 0 spiro atoms. The molecule has 0 aliphatic rings. The van der Waals surface area contributed by atoms with Gasteiger partial charge in [-0.3, -0.25) is 9.48 Å². The summed E-state index contributed by atoms with van der Waals surface area (Å²) < 4.78 is 40.2. The van der Waals surface area contributed by atoms with E-state index in [-0.39, 0.29) is 24.4 Å². The molecular weight excluding hydrogens is 297 g/mol. The molecule has 1 amide bonds. The minimum absolute atomic E-state index is 0.0756. The minimum atomic E-state index is -4.43. The van der Waals surface area contributed by atoms with Crippen LogP contribution in [0.5, 0.6) is 0 Å². The fraction of sp³-hybridized carbons (Fsp3) is 0.357. The van der Waals surface area contributed by atoms with Crippen LogP contribution in [0.4, 0.5) is 13.2 Å². The third kappa shape index (κ3) is 4.06. The first-order valence-electron chi connectivity index (χ1n) is 6.59. The highest BCUT2D eigenvalue weighted by Gasteiger charge is 2.33. The molecule has 118 valence electrons. The van der Waals surface area contributed by atoms with Crippen LogP contribution in [-0.2, 0) is 24.1 Å². The van der Waals surface area contributed by atoms with Crippen molar-refractivity contribution in [2.75, 3.05) is 7.05 Å². The van der Waals surface area contributed by atoms with Crippen molar-refractivity contribution in [2.45, 2.75) is 25.7 Å². The Labute approximate surface area is 125 Å². The van der Waals surface area contributed by atoms with E-state index in [9.17, 15) is 18.0 Å². The lowest BCUT2D eigenvalue weighted by atomic mass is 10.1. The van der Waals surface area contributed by atoms with E-state index in [4.69, 9.17) is 0 Å². The van der Waals surface area contributed by atoms with Crippen LogP contribution in [-0.4, -0.2) is 32.6 Å². The van der Waals surface area contributed by atoms with Crippen molar-refractivity contribution in [3.63, 3.8) is 0 Å². The number of alkyl halides is 3. The molecule has 5 nitrogen and oxygen atoms in total. The second-order valence-corrected chi connectivity index (χ2v) is 4.81. The first kappa shape index (κ1) is 16.0. The fourth-order valence-corrected chi connectivity index (χ4v) is 2.03. The summed E-state index contributed by atoms with van der Waals surface area (Å²) in [4.78, 5) is 17.0. The molecule has 0 bridgehead atoms. The standard InChI is InChI=1S/C14H15F3N4O/c1-20(13(22)6-7-21-10-18-9-19-21)8-11-4-2-3-5-12(11)14(15,16)17/h2-5,9-10H,6-8H2,1H3. The van der Waals surface area contributed by atoms with Crippen LogP contribution in [0.2, 0.25) is 0 Å². The molecule has 0 saturated heterocycles. The number of benzene rings is 1. The molecule has 0 atom stereocenters. The van der Waals surface area contributed by atoms with Gasteiger partial charge in [0.2, 0.25) is 5.91 Å². The number of hydrogen-bond donors (Lipinski definition) is 0. The van der Waals surface area contributed by atoms with Gasteiger partial charge in [0, 0.05) is 20.0 Å². The normalized spacial score (nSPS) is 11.5. The second kappa shape index (κ2) is 6.59. The van der Waals surface area contributed by atoms with Gasteiger partial charge in [-0.05, 0) is 11.6 Å². The molecule has 22 heavy (non-hydrogen) atoms. The maximum absolute atomic E-state index is 12.9. The summed E-state index contributed by atoms with van der Waals surface area (Å²) in [6.45, 7) is 0.246. The van der Waals surface area contributed by atoms with Gasteiger partial charge in [0.05, 0.1) is 12.1 Å². The number of aryl methyl sites for hydroxylation is 1. The zero-order chi connectivity index (χ0) is 16.2. The molecular formula is C14H15F3N4O. The van der Waals surface area contributed by atoms with Crippen molar-refractivity contribution >= 4 is 5.91 Å². The summed E-state index contributed by atoms with van der Waals surface area (Å²) in [6, 6.07) is 5.25. The Morgan fingerprint density at radius 2 is 2.05 bits per heavy atom. The Bertz CT molecular complexity index is 625. The Morgan fingerprint density at radius 1 is 1.32 bits per heavy atom. The minimum Gasteiger partial charge on any atom is -0.341 e. The van der Waals surface area contributed by atoms with Gasteiger partial charge in [-0.1, -0.05) is 18.2 Å². The molecule has 0 saturated carbocycles. The third-order valence-electron chi connectivity index (χ3n) is 3.18. The number of nitrogens with zero attached hydrogens (tertiary/aromatic N) is 4. The van der Waals surface area contributed by atoms with Gasteiger partial charge in [0.15, 0.2) is 0 Å². The Morgan fingerprint density at radius 3 is 2.68 bits per heavy atom. The average molecular weight is 312 g/mol. The number of amides is 1. The highest BCUT2D eigenvalue weighted by molar-refractivity contribution is 5.75. The van der Waals surface area contributed by atoms with E-state index in [1.807, 2.05) is 0 Å². The number of aromatic nitrogens is 3. The maximum atomic E-state index is 12.9. The second-order valence-electron chi connectivity index (χ2n) is 4.81. The maximum Gasteiger partial charge on any atom is 0.416 e.